The minimum absolute atomic E-state index is 0.0231. The molecule has 2 aromatic heterocycles. The van der Waals surface area contributed by atoms with E-state index in [1.165, 1.54) is 17.5 Å². The van der Waals surface area contributed by atoms with Gasteiger partial charge in [0.05, 0.1) is 0 Å². The van der Waals surface area contributed by atoms with Crippen molar-refractivity contribution in [1.82, 2.24) is 29.4 Å². The van der Waals surface area contributed by atoms with Gasteiger partial charge in [-0.25, -0.2) is 9.48 Å². The molecule has 2 fully saturated rings. The van der Waals surface area contributed by atoms with Crippen molar-refractivity contribution in [3.8, 4) is 0 Å². The Morgan fingerprint density at radius 1 is 1.27 bits per heavy atom. The van der Waals surface area contributed by atoms with Gasteiger partial charge >= 0.3 is 5.69 Å². The fourth-order valence-corrected chi connectivity index (χ4v) is 3.83. The zero-order valence-corrected chi connectivity index (χ0v) is 15.4. The third-order valence-electron chi connectivity index (χ3n) is 5.61. The first-order chi connectivity index (χ1) is 12.6. The SMILES string of the molecule is CCn1c(CC2CCN(C(=O)c3cc(C4CC4)[nH]n3)CC2)nn(C)c1=O. The van der Waals surface area contributed by atoms with Crippen LogP contribution in [0, 0.1) is 5.92 Å². The number of H-pyrrole nitrogens is 1. The number of amides is 1. The molecule has 8 nitrogen and oxygen atoms in total. The average molecular weight is 358 g/mol. The van der Waals surface area contributed by atoms with E-state index in [0.717, 1.165) is 43.9 Å². The molecule has 8 heteroatoms. The van der Waals surface area contributed by atoms with E-state index in [0.29, 0.717) is 24.1 Å². The van der Waals surface area contributed by atoms with Gasteiger partial charge < -0.3 is 4.90 Å². The number of hydrogen-bond donors (Lipinski definition) is 1. The van der Waals surface area contributed by atoms with Crippen LogP contribution in [0.2, 0.25) is 0 Å². The summed E-state index contributed by atoms with van der Waals surface area (Å²) in [5, 5.41) is 11.6. The topological polar surface area (TPSA) is 88.8 Å². The molecule has 1 amide bonds. The largest absolute Gasteiger partial charge is 0.345 e. The van der Waals surface area contributed by atoms with E-state index in [4.69, 9.17) is 0 Å². The highest BCUT2D eigenvalue weighted by atomic mass is 16.2. The fourth-order valence-electron chi connectivity index (χ4n) is 3.83. The van der Waals surface area contributed by atoms with E-state index in [1.54, 1.807) is 11.6 Å². The summed E-state index contributed by atoms with van der Waals surface area (Å²) < 4.78 is 3.15. The number of carbonyl (C=O) groups is 1. The van der Waals surface area contributed by atoms with Crippen LogP contribution in [0.4, 0.5) is 0 Å². The van der Waals surface area contributed by atoms with Crippen molar-refractivity contribution in [3.05, 3.63) is 33.8 Å². The number of carbonyl (C=O) groups excluding carboxylic acids is 1. The lowest BCUT2D eigenvalue weighted by Gasteiger charge is -2.31. The molecule has 26 heavy (non-hydrogen) atoms. The van der Waals surface area contributed by atoms with Gasteiger partial charge in [0, 0.05) is 44.7 Å². The molecule has 0 atom stereocenters. The van der Waals surface area contributed by atoms with Gasteiger partial charge in [-0.3, -0.25) is 14.5 Å². The Balaban J connectivity index is 1.35. The first-order valence-corrected chi connectivity index (χ1v) is 9.54. The number of aromatic amines is 1. The highest BCUT2D eigenvalue weighted by Crippen LogP contribution is 2.39. The minimum Gasteiger partial charge on any atom is -0.337 e. The van der Waals surface area contributed by atoms with Crippen LogP contribution < -0.4 is 5.69 Å². The van der Waals surface area contributed by atoms with Crippen LogP contribution in [0.5, 0.6) is 0 Å². The van der Waals surface area contributed by atoms with Crippen molar-refractivity contribution >= 4 is 5.91 Å². The summed E-state index contributed by atoms with van der Waals surface area (Å²) in [6.45, 7) is 4.08. The van der Waals surface area contributed by atoms with E-state index in [1.807, 2.05) is 17.9 Å². The first-order valence-electron chi connectivity index (χ1n) is 9.54. The maximum absolute atomic E-state index is 12.7. The zero-order valence-electron chi connectivity index (χ0n) is 15.4. The van der Waals surface area contributed by atoms with Crippen molar-refractivity contribution in [2.45, 2.75) is 51.5 Å². The lowest BCUT2D eigenvalue weighted by molar-refractivity contribution is 0.0683. The van der Waals surface area contributed by atoms with Gasteiger partial charge in [0.15, 0.2) is 0 Å². The Labute approximate surface area is 152 Å². The highest BCUT2D eigenvalue weighted by Gasteiger charge is 2.29. The summed E-state index contributed by atoms with van der Waals surface area (Å²) in [4.78, 5) is 26.6. The maximum Gasteiger partial charge on any atom is 0.345 e. The number of aromatic nitrogens is 5. The van der Waals surface area contributed by atoms with Gasteiger partial charge in [-0.1, -0.05) is 0 Å². The van der Waals surface area contributed by atoms with Crippen molar-refractivity contribution in [2.24, 2.45) is 13.0 Å². The average Bonchev–Trinajstić information content (AvgIpc) is 3.32. The highest BCUT2D eigenvalue weighted by molar-refractivity contribution is 5.92. The quantitative estimate of drug-likeness (QED) is 0.872. The van der Waals surface area contributed by atoms with E-state index in [-0.39, 0.29) is 11.6 Å². The summed E-state index contributed by atoms with van der Waals surface area (Å²) in [6, 6.07) is 1.92. The van der Waals surface area contributed by atoms with Crippen molar-refractivity contribution < 1.29 is 4.79 Å². The standard InChI is InChI=1S/C18H26N6O2/c1-3-24-16(21-22(2)18(24)26)10-12-6-8-23(9-7-12)17(25)15-11-14(19-20-15)13-4-5-13/h11-13H,3-10H2,1-2H3,(H,19,20). The monoisotopic (exact) mass is 358 g/mol. The number of hydrogen-bond acceptors (Lipinski definition) is 4. The van der Waals surface area contributed by atoms with E-state index >= 15 is 0 Å². The molecule has 0 aromatic carbocycles. The molecule has 0 spiro atoms. The first kappa shape index (κ1) is 17.1. The molecule has 3 heterocycles. The lowest BCUT2D eigenvalue weighted by Crippen LogP contribution is -2.39. The molecule has 0 radical (unpaired) electrons. The zero-order chi connectivity index (χ0) is 18.3. The second-order valence-corrected chi connectivity index (χ2v) is 7.49. The molecule has 2 aromatic rings. The van der Waals surface area contributed by atoms with Gasteiger partial charge in [0.25, 0.3) is 5.91 Å². The van der Waals surface area contributed by atoms with Crippen LogP contribution in [0.3, 0.4) is 0 Å². The van der Waals surface area contributed by atoms with Crippen LogP contribution in [0.15, 0.2) is 10.9 Å². The summed E-state index contributed by atoms with van der Waals surface area (Å²) in [5.41, 5.74) is 1.57. The Hall–Kier alpha value is -2.38. The Kier molecular flexibility index (Phi) is 4.42. The second kappa shape index (κ2) is 6.74. The Morgan fingerprint density at radius 2 is 2.00 bits per heavy atom. The van der Waals surface area contributed by atoms with Gasteiger partial charge in [-0.2, -0.15) is 10.2 Å². The third kappa shape index (κ3) is 3.20. The molecule has 140 valence electrons. The van der Waals surface area contributed by atoms with E-state index < -0.39 is 0 Å². The summed E-state index contributed by atoms with van der Waals surface area (Å²) in [7, 11) is 1.69. The van der Waals surface area contributed by atoms with Crippen LogP contribution in [0.1, 0.15) is 60.5 Å². The maximum atomic E-state index is 12.7. The van der Waals surface area contributed by atoms with Crippen LogP contribution in [-0.4, -0.2) is 48.4 Å². The summed E-state index contributed by atoms with van der Waals surface area (Å²) in [5.74, 6) is 1.90. The number of nitrogens with one attached hydrogen (secondary N) is 1. The van der Waals surface area contributed by atoms with Gasteiger partial charge in [0.2, 0.25) is 0 Å². The van der Waals surface area contributed by atoms with Gasteiger partial charge in [-0.15, -0.1) is 0 Å². The van der Waals surface area contributed by atoms with Crippen LogP contribution >= 0.6 is 0 Å². The molecular weight excluding hydrogens is 332 g/mol. The molecule has 2 aliphatic rings. The molecule has 0 bridgehead atoms. The smallest absolute Gasteiger partial charge is 0.337 e. The molecule has 1 aliphatic carbocycles. The molecule has 1 saturated heterocycles. The molecule has 0 unspecified atom stereocenters. The number of piperidine rings is 1. The molecular formula is C18H26N6O2. The predicted molar refractivity (Wildman–Crippen MR) is 96.0 cm³/mol. The van der Waals surface area contributed by atoms with Crippen LogP contribution in [0.25, 0.3) is 0 Å². The van der Waals surface area contributed by atoms with E-state index in [2.05, 4.69) is 15.3 Å². The van der Waals surface area contributed by atoms with Gasteiger partial charge in [0.1, 0.15) is 11.5 Å². The fraction of sp³-hybridized carbons (Fsp3) is 0.667. The number of likely N-dealkylation sites (tertiary alicyclic amines) is 1. The molecule has 1 N–H and O–H groups in total. The Morgan fingerprint density at radius 3 is 2.65 bits per heavy atom. The lowest BCUT2D eigenvalue weighted by atomic mass is 9.93. The second-order valence-electron chi connectivity index (χ2n) is 7.49. The van der Waals surface area contributed by atoms with Crippen molar-refractivity contribution in [2.75, 3.05) is 13.1 Å². The predicted octanol–water partition coefficient (Wildman–Crippen LogP) is 1.30. The van der Waals surface area contributed by atoms with E-state index in [9.17, 15) is 9.59 Å². The molecule has 4 rings (SSSR count). The minimum atomic E-state index is -0.0555. The number of rotatable bonds is 5. The summed E-state index contributed by atoms with van der Waals surface area (Å²) in [6.07, 6.45) is 5.04. The molecule has 1 saturated carbocycles. The third-order valence-corrected chi connectivity index (χ3v) is 5.61. The van der Waals surface area contributed by atoms with Crippen LogP contribution in [-0.2, 0) is 20.0 Å². The van der Waals surface area contributed by atoms with Crippen molar-refractivity contribution in [1.29, 1.82) is 0 Å². The number of aryl methyl sites for hydroxylation is 1. The summed E-state index contributed by atoms with van der Waals surface area (Å²) >= 11 is 0. The van der Waals surface area contributed by atoms with Gasteiger partial charge in [-0.05, 0) is 44.6 Å². The normalized spacial score (nSPS) is 18.5. The Bertz CT molecular complexity index is 851. The van der Waals surface area contributed by atoms with Crippen molar-refractivity contribution in [3.63, 3.8) is 0 Å². The molecule has 1 aliphatic heterocycles. The number of nitrogens with zero attached hydrogens (tertiary/aromatic N) is 5.